The van der Waals surface area contributed by atoms with Crippen LogP contribution in [-0.4, -0.2) is 16.3 Å². The highest BCUT2D eigenvalue weighted by Gasteiger charge is 2.00. The van der Waals surface area contributed by atoms with E-state index in [9.17, 15) is 0 Å². The lowest BCUT2D eigenvalue weighted by molar-refractivity contribution is 1.06. The Bertz CT molecular complexity index is 386. The molecule has 0 unspecified atom stereocenters. The molecule has 0 fully saturated rings. The van der Waals surface area contributed by atoms with E-state index in [1.165, 1.54) is 17.3 Å². The van der Waals surface area contributed by atoms with Crippen molar-refractivity contribution in [3.63, 3.8) is 0 Å². The van der Waals surface area contributed by atoms with Crippen molar-refractivity contribution in [1.29, 1.82) is 0 Å². The van der Waals surface area contributed by atoms with Gasteiger partial charge < -0.3 is 0 Å². The first kappa shape index (κ1) is 12.2. The van der Waals surface area contributed by atoms with E-state index in [0.717, 1.165) is 11.3 Å². The maximum Gasteiger partial charge on any atom is 0.153 e. The molecule has 0 saturated heterocycles. The Labute approximate surface area is 100 Å². The quantitative estimate of drug-likeness (QED) is 0.487. The van der Waals surface area contributed by atoms with Crippen LogP contribution in [0.4, 0.5) is 0 Å². The Balaban J connectivity index is 2.80. The van der Waals surface area contributed by atoms with Crippen LogP contribution in [0.5, 0.6) is 0 Å². The van der Waals surface area contributed by atoms with Gasteiger partial charge in [0.1, 0.15) is 0 Å². The standard InChI is InChI=1S/C11H14N2S2/c1-8-6-4-5-7-10(8)9(2)12-13-11(14)15-3/h4-7H,1-3H3,(H,13,14). The lowest BCUT2D eigenvalue weighted by atomic mass is 10.1. The van der Waals surface area contributed by atoms with E-state index in [1.807, 2.05) is 25.3 Å². The van der Waals surface area contributed by atoms with Crippen LogP contribution in [0.3, 0.4) is 0 Å². The molecule has 0 aliphatic carbocycles. The monoisotopic (exact) mass is 238 g/mol. The topological polar surface area (TPSA) is 24.4 Å². The van der Waals surface area contributed by atoms with Crippen LogP contribution in [0.15, 0.2) is 29.4 Å². The second kappa shape index (κ2) is 5.88. The molecule has 4 heteroatoms. The number of hydrogen-bond donors (Lipinski definition) is 1. The number of rotatable bonds is 2. The van der Waals surface area contributed by atoms with Gasteiger partial charge in [0.2, 0.25) is 0 Å². The molecular weight excluding hydrogens is 224 g/mol. The molecular formula is C11H14N2S2. The average molecular weight is 238 g/mol. The molecule has 2 nitrogen and oxygen atoms in total. The van der Waals surface area contributed by atoms with Crippen molar-refractivity contribution in [2.75, 3.05) is 6.26 Å². The second-order valence-corrected chi connectivity index (χ2v) is 4.60. The van der Waals surface area contributed by atoms with Crippen LogP contribution in [0.25, 0.3) is 0 Å². The molecule has 0 atom stereocenters. The van der Waals surface area contributed by atoms with Gasteiger partial charge in [-0.3, -0.25) is 5.43 Å². The number of hydrogen-bond acceptors (Lipinski definition) is 3. The van der Waals surface area contributed by atoms with E-state index in [0.29, 0.717) is 4.32 Å². The van der Waals surface area contributed by atoms with Gasteiger partial charge in [0.05, 0.1) is 5.71 Å². The molecule has 1 rings (SSSR count). The summed E-state index contributed by atoms with van der Waals surface area (Å²) in [6.45, 7) is 4.04. The third-order valence-corrected chi connectivity index (χ3v) is 3.09. The van der Waals surface area contributed by atoms with Crippen molar-refractivity contribution in [1.82, 2.24) is 5.43 Å². The highest BCUT2D eigenvalue weighted by molar-refractivity contribution is 8.22. The van der Waals surface area contributed by atoms with Crippen LogP contribution in [0.2, 0.25) is 0 Å². The van der Waals surface area contributed by atoms with E-state index in [1.54, 1.807) is 0 Å². The summed E-state index contributed by atoms with van der Waals surface area (Å²) in [5.74, 6) is 0. The Hall–Kier alpha value is -0.870. The molecule has 0 radical (unpaired) electrons. The number of nitrogens with zero attached hydrogens (tertiary/aromatic N) is 1. The van der Waals surface area contributed by atoms with Crippen molar-refractivity contribution in [2.45, 2.75) is 13.8 Å². The summed E-state index contributed by atoms with van der Waals surface area (Å²) in [6, 6.07) is 8.15. The van der Waals surface area contributed by atoms with Crippen molar-refractivity contribution in [3.05, 3.63) is 35.4 Å². The van der Waals surface area contributed by atoms with Gasteiger partial charge in [-0.15, -0.1) is 0 Å². The molecule has 80 valence electrons. The normalized spacial score (nSPS) is 11.3. The van der Waals surface area contributed by atoms with Gasteiger partial charge in [-0.2, -0.15) is 5.10 Å². The number of benzene rings is 1. The van der Waals surface area contributed by atoms with E-state index in [4.69, 9.17) is 12.2 Å². The smallest absolute Gasteiger partial charge is 0.153 e. The Morgan fingerprint density at radius 2 is 2.07 bits per heavy atom. The largest absolute Gasteiger partial charge is 0.262 e. The fourth-order valence-electron chi connectivity index (χ4n) is 1.21. The molecule has 0 saturated carbocycles. The zero-order valence-electron chi connectivity index (χ0n) is 9.07. The van der Waals surface area contributed by atoms with Crippen molar-refractivity contribution in [3.8, 4) is 0 Å². The maximum atomic E-state index is 5.00. The van der Waals surface area contributed by atoms with Gasteiger partial charge in [0, 0.05) is 5.56 Å². The van der Waals surface area contributed by atoms with Crippen LogP contribution < -0.4 is 5.43 Å². The molecule has 15 heavy (non-hydrogen) atoms. The second-order valence-electron chi connectivity index (χ2n) is 3.12. The van der Waals surface area contributed by atoms with Crippen LogP contribution >= 0.6 is 24.0 Å². The van der Waals surface area contributed by atoms with E-state index in [2.05, 4.69) is 29.6 Å². The fraction of sp³-hybridized carbons (Fsp3) is 0.273. The predicted octanol–water partition coefficient (Wildman–Crippen LogP) is 2.96. The van der Waals surface area contributed by atoms with E-state index < -0.39 is 0 Å². The Morgan fingerprint density at radius 3 is 2.67 bits per heavy atom. The predicted molar refractivity (Wildman–Crippen MR) is 72.6 cm³/mol. The lowest BCUT2D eigenvalue weighted by Gasteiger charge is -2.05. The highest BCUT2D eigenvalue weighted by Crippen LogP contribution is 2.08. The van der Waals surface area contributed by atoms with E-state index in [-0.39, 0.29) is 0 Å². The first-order valence-corrected chi connectivity index (χ1v) is 6.22. The van der Waals surface area contributed by atoms with Gasteiger partial charge >= 0.3 is 0 Å². The minimum absolute atomic E-state index is 0.683. The molecule has 0 aliphatic rings. The molecule has 1 aromatic rings. The minimum atomic E-state index is 0.683. The molecule has 0 aromatic heterocycles. The zero-order valence-corrected chi connectivity index (χ0v) is 10.7. The van der Waals surface area contributed by atoms with Crippen molar-refractivity contribution < 1.29 is 0 Å². The number of aryl methyl sites for hydroxylation is 1. The highest BCUT2D eigenvalue weighted by atomic mass is 32.2. The summed E-state index contributed by atoms with van der Waals surface area (Å²) in [7, 11) is 0. The van der Waals surface area contributed by atoms with Gasteiger partial charge in [-0.1, -0.05) is 48.2 Å². The van der Waals surface area contributed by atoms with Crippen molar-refractivity contribution >= 4 is 34.0 Å². The van der Waals surface area contributed by atoms with Crippen LogP contribution in [0, 0.1) is 6.92 Å². The summed E-state index contributed by atoms with van der Waals surface area (Å²) < 4.78 is 0.683. The van der Waals surface area contributed by atoms with Gasteiger partial charge in [-0.05, 0) is 25.7 Å². The first-order chi connectivity index (χ1) is 7.15. The Kier molecular flexibility index (Phi) is 4.78. The van der Waals surface area contributed by atoms with Crippen LogP contribution in [-0.2, 0) is 0 Å². The summed E-state index contributed by atoms with van der Waals surface area (Å²) in [6.07, 6.45) is 1.92. The number of nitrogens with one attached hydrogen (secondary N) is 1. The van der Waals surface area contributed by atoms with Gasteiger partial charge in [-0.25, -0.2) is 0 Å². The molecule has 0 amide bonds. The number of thioether (sulfide) groups is 1. The molecule has 1 aromatic carbocycles. The molecule has 1 N–H and O–H groups in total. The summed E-state index contributed by atoms with van der Waals surface area (Å²) in [5.41, 5.74) is 6.15. The zero-order chi connectivity index (χ0) is 11.3. The van der Waals surface area contributed by atoms with E-state index >= 15 is 0 Å². The maximum absolute atomic E-state index is 5.00. The summed E-state index contributed by atoms with van der Waals surface area (Å²) >= 11 is 6.48. The molecule has 0 spiro atoms. The van der Waals surface area contributed by atoms with Gasteiger partial charge in [0.15, 0.2) is 4.32 Å². The molecule has 0 bridgehead atoms. The first-order valence-electron chi connectivity index (χ1n) is 4.59. The SMILES string of the molecule is CSC(=S)NN=C(C)c1ccccc1C. The molecule has 0 aliphatic heterocycles. The summed E-state index contributed by atoms with van der Waals surface area (Å²) in [5, 5.41) is 4.23. The van der Waals surface area contributed by atoms with Gasteiger partial charge in [0.25, 0.3) is 0 Å². The third kappa shape index (κ3) is 3.64. The summed E-state index contributed by atoms with van der Waals surface area (Å²) in [4.78, 5) is 0. The fourth-order valence-corrected chi connectivity index (χ4v) is 1.40. The number of hydrazone groups is 1. The molecule has 0 heterocycles. The number of thiocarbonyl (C=S) groups is 1. The minimum Gasteiger partial charge on any atom is -0.262 e. The van der Waals surface area contributed by atoms with Crippen molar-refractivity contribution in [2.24, 2.45) is 5.10 Å². The Morgan fingerprint density at radius 1 is 1.40 bits per heavy atom. The lowest BCUT2D eigenvalue weighted by Crippen LogP contribution is -2.13. The third-order valence-electron chi connectivity index (χ3n) is 2.04. The van der Waals surface area contributed by atoms with Crippen LogP contribution in [0.1, 0.15) is 18.1 Å². The average Bonchev–Trinajstić information content (AvgIpc) is 2.26.